The lowest BCUT2D eigenvalue weighted by Gasteiger charge is -2.03. The molecule has 1 aromatic heterocycles. The first-order chi connectivity index (χ1) is 8.54. The topological polar surface area (TPSA) is 70.7 Å². The summed E-state index contributed by atoms with van der Waals surface area (Å²) >= 11 is 11.7. The lowest BCUT2D eigenvalue weighted by Crippen LogP contribution is -2.15. The highest BCUT2D eigenvalue weighted by atomic mass is 35.5. The Morgan fingerprint density at radius 2 is 2.17 bits per heavy atom. The lowest BCUT2D eigenvalue weighted by molar-refractivity contribution is -0.115. The number of rotatable bonds is 3. The Balaban J connectivity index is 2.00. The maximum absolute atomic E-state index is 11.7. The van der Waals surface area contributed by atoms with Gasteiger partial charge in [-0.25, -0.2) is 0 Å². The average molecular weight is 285 g/mol. The van der Waals surface area contributed by atoms with Crippen LogP contribution in [0.1, 0.15) is 11.4 Å². The van der Waals surface area contributed by atoms with Gasteiger partial charge < -0.3 is 0 Å². The summed E-state index contributed by atoms with van der Waals surface area (Å²) in [4.78, 5) is 15.7. The molecule has 2 rings (SSSR count). The van der Waals surface area contributed by atoms with Crippen LogP contribution >= 0.6 is 23.2 Å². The Hall–Kier alpha value is -1.59. The molecule has 0 fully saturated rings. The van der Waals surface area contributed by atoms with E-state index in [2.05, 4.69) is 20.5 Å². The number of nitrogens with one attached hydrogen (secondary N) is 2. The van der Waals surface area contributed by atoms with Crippen molar-refractivity contribution < 1.29 is 4.79 Å². The van der Waals surface area contributed by atoms with Gasteiger partial charge in [0, 0.05) is 0 Å². The first kappa shape index (κ1) is 12.9. The molecule has 1 amide bonds. The van der Waals surface area contributed by atoms with Crippen molar-refractivity contribution in [1.82, 2.24) is 15.2 Å². The molecule has 1 aromatic carbocycles. The van der Waals surface area contributed by atoms with E-state index in [1.54, 1.807) is 25.1 Å². The first-order valence-corrected chi connectivity index (χ1v) is 5.93. The van der Waals surface area contributed by atoms with Gasteiger partial charge in [0.05, 0.1) is 16.5 Å². The molecule has 2 N–H and O–H groups in total. The van der Waals surface area contributed by atoms with Crippen LogP contribution in [0, 0.1) is 6.92 Å². The van der Waals surface area contributed by atoms with Crippen molar-refractivity contribution in [2.45, 2.75) is 13.3 Å². The van der Waals surface area contributed by atoms with Gasteiger partial charge in [0.1, 0.15) is 5.82 Å². The summed E-state index contributed by atoms with van der Waals surface area (Å²) in [6.45, 7) is 1.75. The molecule has 0 spiro atoms. The van der Waals surface area contributed by atoms with E-state index in [0.29, 0.717) is 15.9 Å². The molecule has 0 bridgehead atoms. The van der Waals surface area contributed by atoms with Crippen LogP contribution in [-0.4, -0.2) is 21.1 Å². The number of carbonyl (C=O) groups excluding carboxylic acids is 1. The van der Waals surface area contributed by atoms with Crippen LogP contribution < -0.4 is 5.32 Å². The number of aromatic nitrogens is 3. The van der Waals surface area contributed by atoms with Gasteiger partial charge in [0.15, 0.2) is 0 Å². The summed E-state index contributed by atoms with van der Waals surface area (Å²) in [5.41, 5.74) is 0.772. The standard InChI is InChI=1S/C11H10Cl2N4O/c1-6-14-11(17-16-6)15-10(18)5-7-2-3-8(12)9(13)4-7/h2-4H,5H2,1H3,(H2,14,15,16,17,18). The number of anilines is 1. The summed E-state index contributed by atoms with van der Waals surface area (Å²) in [6.07, 6.45) is 0.185. The molecular weight excluding hydrogens is 275 g/mol. The van der Waals surface area contributed by atoms with Crippen molar-refractivity contribution in [3.05, 3.63) is 39.6 Å². The molecule has 7 heteroatoms. The number of benzene rings is 1. The van der Waals surface area contributed by atoms with Gasteiger partial charge in [-0.05, 0) is 24.6 Å². The molecule has 0 radical (unpaired) electrons. The van der Waals surface area contributed by atoms with Gasteiger partial charge >= 0.3 is 0 Å². The van der Waals surface area contributed by atoms with Crippen molar-refractivity contribution in [2.75, 3.05) is 5.32 Å². The van der Waals surface area contributed by atoms with Gasteiger partial charge in [0.2, 0.25) is 11.9 Å². The van der Waals surface area contributed by atoms with Crippen molar-refractivity contribution in [2.24, 2.45) is 0 Å². The van der Waals surface area contributed by atoms with E-state index in [9.17, 15) is 4.79 Å². The second kappa shape index (κ2) is 5.37. The Kier molecular flexibility index (Phi) is 3.84. The number of halogens is 2. The number of hydrogen-bond donors (Lipinski definition) is 2. The largest absolute Gasteiger partial charge is 0.293 e. The second-order valence-electron chi connectivity index (χ2n) is 3.72. The summed E-state index contributed by atoms with van der Waals surface area (Å²) in [7, 11) is 0. The van der Waals surface area contributed by atoms with E-state index in [1.165, 1.54) is 0 Å². The minimum atomic E-state index is -0.215. The zero-order valence-electron chi connectivity index (χ0n) is 9.50. The fourth-order valence-corrected chi connectivity index (χ4v) is 1.72. The highest BCUT2D eigenvalue weighted by Gasteiger charge is 2.08. The molecule has 0 aliphatic heterocycles. The van der Waals surface area contributed by atoms with Crippen LogP contribution in [-0.2, 0) is 11.2 Å². The summed E-state index contributed by atoms with van der Waals surface area (Å²) in [5.74, 6) is 0.685. The minimum absolute atomic E-state index is 0.185. The zero-order chi connectivity index (χ0) is 13.1. The molecule has 0 aliphatic rings. The molecule has 0 saturated carbocycles. The number of carbonyl (C=O) groups is 1. The van der Waals surface area contributed by atoms with E-state index in [4.69, 9.17) is 23.2 Å². The molecule has 94 valence electrons. The number of hydrogen-bond acceptors (Lipinski definition) is 3. The molecule has 0 saturated heterocycles. The van der Waals surface area contributed by atoms with Gasteiger partial charge in [-0.15, -0.1) is 5.10 Å². The number of amides is 1. The Morgan fingerprint density at radius 1 is 1.39 bits per heavy atom. The third-order valence-corrected chi connectivity index (χ3v) is 2.94. The molecule has 0 atom stereocenters. The molecule has 18 heavy (non-hydrogen) atoms. The Morgan fingerprint density at radius 3 is 2.78 bits per heavy atom. The second-order valence-corrected chi connectivity index (χ2v) is 4.53. The van der Waals surface area contributed by atoms with Crippen molar-refractivity contribution in [1.29, 1.82) is 0 Å². The van der Waals surface area contributed by atoms with Gasteiger partial charge in [0.25, 0.3) is 0 Å². The van der Waals surface area contributed by atoms with Crippen LogP contribution in [0.25, 0.3) is 0 Å². The van der Waals surface area contributed by atoms with E-state index < -0.39 is 0 Å². The molecular formula is C11H10Cl2N4O. The minimum Gasteiger partial charge on any atom is -0.293 e. The molecule has 1 heterocycles. The molecule has 0 aliphatic carbocycles. The summed E-state index contributed by atoms with van der Waals surface area (Å²) < 4.78 is 0. The maximum atomic E-state index is 11.7. The smallest absolute Gasteiger partial charge is 0.248 e. The SMILES string of the molecule is Cc1nc(NC(=O)Cc2ccc(Cl)c(Cl)c2)n[nH]1. The predicted molar refractivity (Wildman–Crippen MR) is 69.9 cm³/mol. The molecule has 2 aromatic rings. The monoisotopic (exact) mass is 284 g/mol. The Bertz CT molecular complexity index is 582. The van der Waals surface area contributed by atoms with Crippen molar-refractivity contribution in [3.63, 3.8) is 0 Å². The van der Waals surface area contributed by atoms with E-state index in [1.807, 2.05) is 0 Å². The number of aromatic amines is 1. The third kappa shape index (κ3) is 3.21. The maximum Gasteiger partial charge on any atom is 0.248 e. The van der Waals surface area contributed by atoms with Gasteiger partial charge in [-0.3, -0.25) is 15.2 Å². The number of aryl methyl sites for hydroxylation is 1. The van der Waals surface area contributed by atoms with Crippen LogP contribution in [0.15, 0.2) is 18.2 Å². The van der Waals surface area contributed by atoms with E-state index in [0.717, 1.165) is 5.56 Å². The quantitative estimate of drug-likeness (QED) is 0.910. The fraction of sp³-hybridized carbons (Fsp3) is 0.182. The molecule has 5 nitrogen and oxygen atoms in total. The summed E-state index contributed by atoms with van der Waals surface area (Å²) in [6, 6.07) is 5.06. The van der Waals surface area contributed by atoms with Crippen molar-refractivity contribution >= 4 is 35.1 Å². The van der Waals surface area contributed by atoms with Gasteiger partial charge in [-0.1, -0.05) is 29.3 Å². The zero-order valence-corrected chi connectivity index (χ0v) is 11.0. The van der Waals surface area contributed by atoms with E-state index in [-0.39, 0.29) is 18.3 Å². The number of H-pyrrole nitrogens is 1. The highest BCUT2D eigenvalue weighted by Crippen LogP contribution is 2.22. The normalized spacial score (nSPS) is 10.4. The molecule has 0 unspecified atom stereocenters. The van der Waals surface area contributed by atoms with Crippen LogP contribution in [0.4, 0.5) is 5.95 Å². The van der Waals surface area contributed by atoms with Gasteiger partial charge in [-0.2, -0.15) is 4.98 Å². The third-order valence-electron chi connectivity index (χ3n) is 2.20. The average Bonchev–Trinajstić information content (AvgIpc) is 2.69. The fourth-order valence-electron chi connectivity index (χ4n) is 1.40. The van der Waals surface area contributed by atoms with Crippen molar-refractivity contribution in [3.8, 4) is 0 Å². The highest BCUT2D eigenvalue weighted by molar-refractivity contribution is 6.42. The lowest BCUT2D eigenvalue weighted by atomic mass is 10.1. The predicted octanol–water partition coefficient (Wildman–Crippen LogP) is 2.60. The van der Waals surface area contributed by atoms with E-state index >= 15 is 0 Å². The van der Waals surface area contributed by atoms with Crippen LogP contribution in [0.2, 0.25) is 10.0 Å². The van der Waals surface area contributed by atoms with Crippen LogP contribution in [0.5, 0.6) is 0 Å². The summed E-state index contributed by atoms with van der Waals surface area (Å²) in [5, 5.41) is 9.92. The Labute approximate surface area is 114 Å². The first-order valence-electron chi connectivity index (χ1n) is 5.17. The van der Waals surface area contributed by atoms with Crippen LogP contribution in [0.3, 0.4) is 0 Å². The number of nitrogens with zero attached hydrogens (tertiary/aromatic N) is 2.